The van der Waals surface area contributed by atoms with Crippen LogP contribution in [0.1, 0.15) is 44.2 Å². The molecule has 1 aliphatic rings. The molecule has 214 valence electrons. The zero-order valence-electron chi connectivity index (χ0n) is 22.3. The highest BCUT2D eigenvalue weighted by Crippen LogP contribution is 2.36. The van der Waals surface area contributed by atoms with E-state index in [2.05, 4.69) is 4.98 Å². The minimum atomic E-state index is -1.39. The summed E-state index contributed by atoms with van der Waals surface area (Å²) in [4.78, 5) is 66.0. The van der Waals surface area contributed by atoms with E-state index >= 15 is 0 Å². The number of aromatic amines is 1. The van der Waals surface area contributed by atoms with Crippen molar-refractivity contribution in [1.82, 2.24) is 9.55 Å². The molecule has 3 aromatic carbocycles. The SMILES string of the molecule is C[C@@H](OC(=O)c1ccccc1)[C@@H]1O[C@@H](n2ccc(=O)[nH]c2=O)C(OC(=O)c2ccccc2)C1OC(=O)c1ccccc1. The lowest BCUT2D eigenvalue weighted by Gasteiger charge is -2.27. The third-order valence-corrected chi connectivity index (χ3v) is 6.62. The van der Waals surface area contributed by atoms with E-state index in [0.29, 0.717) is 0 Å². The molecule has 42 heavy (non-hydrogen) atoms. The molecule has 1 N–H and O–H groups in total. The predicted molar refractivity (Wildman–Crippen MR) is 148 cm³/mol. The fourth-order valence-corrected chi connectivity index (χ4v) is 4.56. The van der Waals surface area contributed by atoms with Gasteiger partial charge in [0.2, 0.25) is 0 Å². The molecule has 1 saturated heterocycles. The minimum absolute atomic E-state index is 0.199. The molecule has 0 saturated carbocycles. The van der Waals surface area contributed by atoms with Gasteiger partial charge in [0, 0.05) is 12.3 Å². The molecule has 0 amide bonds. The van der Waals surface area contributed by atoms with Gasteiger partial charge in [0.05, 0.1) is 16.7 Å². The van der Waals surface area contributed by atoms with Crippen molar-refractivity contribution in [1.29, 1.82) is 0 Å². The molecule has 0 spiro atoms. The maximum atomic E-state index is 13.2. The molecule has 11 heteroatoms. The van der Waals surface area contributed by atoms with E-state index in [1.807, 2.05) is 0 Å². The lowest BCUT2D eigenvalue weighted by molar-refractivity contribution is -0.0890. The van der Waals surface area contributed by atoms with Crippen LogP contribution in [0.15, 0.2) is 113 Å². The molecule has 5 rings (SSSR count). The molecule has 5 atom stereocenters. The first-order chi connectivity index (χ1) is 20.3. The second-order valence-electron chi connectivity index (χ2n) is 9.46. The van der Waals surface area contributed by atoms with E-state index in [-0.39, 0.29) is 16.7 Å². The summed E-state index contributed by atoms with van der Waals surface area (Å²) in [6, 6.07) is 25.5. The van der Waals surface area contributed by atoms with Crippen LogP contribution >= 0.6 is 0 Å². The van der Waals surface area contributed by atoms with Crippen molar-refractivity contribution in [3.05, 3.63) is 141 Å². The van der Waals surface area contributed by atoms with Crippen LogP contribution in [0.2, 0.25) is 0 Å². The van der Waals surface area contributed by atoms with Crippen LogP contribution in [0.25, 0.3) is 0 Å². The van der Waals surface area contributed by atoms with Crippen molar-refractivity contribution in [3.63, 3.8) is 0 Å². The van der Waals surface area contributed by atoms with Gasteiger partial charge in [0.15, 0.2) is 18.4 Å². The lowest BCUT2D eigenvalue weighted by atomic mass is 10.0. The predicted octanol–water partition coefficient (Wildman–Crippen LogP) is 3.13. The number of nitrogens with zero attached hydrogens (tertiary/aromatic N) is 1. The zero-order chi connectivity index (χ0) is 29.6. The maximum Gasteiger partial charge on any atom is 0.338 e. The highest BCUT2D eigenvalue weighted by molar-refractivity contribution is 5.91. The molecule has 11 nitrogen and oxygen atoms in total. The molecular formula is C31H26N2O9. The second-order valence-corrected chi connectivity index (χ2v) is 9.46. The summed E-state index contributed by atoms with van der Waals surface area (Å²) >= 11 is 0. The number of aromatic nitrogens is 2. The molecular weight excluding hydrogens is 544 g/mol. The normalized spacial score (nSPS) is 20.3. The van der Waals surface area contributed by atoms with Gasteiger partial charge in [-0.2, -0.15) is 0 Å². The van der Waals surface area contributed by atoms with Gasteiger partial charge in [0.25, 0.3) is 5.56 Å². The van der Waals surface area contributed by atoms with Crippen molar-refractivity contribution >= 4 is 17.9 Å². The van der Waals surface area contributed by atoms with Crippen LogP contribution in [0.5, 0.6) is 0 Å². The van der Waals surface area contributed by atoms with Gasteiger partial charge in [-0.05, 0) is 43.3 Å². The summed E-state index contributed by atoms with van der Waals surface area (Å²) in [7, 11) is 0. The Morgan fingerprint density at radius 3 is 1.69 bits per heavy atom. The highest BCUT2D eigenvalue weighted by atomic mass is 16.7. The summed E-state index contributed by atoms with van der Waals surface area (Å²) < 4.78 is 24.6. The van der Waals surface area contributed by atoms with Crippen LogP contribution in [-0.4, -0.2) is 51.9 Å². The molecule has 2 unspecified atom stereocenters. The fraction of sp³-hybridized carbons (Fsp3) is 0.194. The number of esters is 3. The van der Waals surface area contributed by atoms with Crippen LogP contribution in [0.3, 0.4) is 0 Å². The van der Waals surface area contributed by atoms with Crippen molar-refractivity contribution in [3.8, 4) is 0 Å². The van der Waals surface area contributed by atoms with Crippen LogP contribution in [0, 0.1) is 0 Å². The van der Waals surface area contributed by atoms with Gasteiger partial charge >= 0.3 is 23.6 Å². The number of nitrogens with one attached hydrogen (secondary N) is 1. The van der Waals surface area contributed by atoms with Crippen molar-refractivity contribution in [2.45, 2.75) is 37.6 Å². The Morgan fingerprint density at radius 1 is 0.714 bits per heavy atom. The van der Waals surface area contributed by atoms with Crippen LogP contribution in [-0.2, 0) is 18.9 Å². The first-order valence-corrected chi connectivity index (χ1v) is 13.1. The van der Waals surface area contributed by atoms with E-state index in [0.717, 1.165) is 10.6 Å². The summed E-state index contributed by atoms with van der Waals surface area (Å²) in [6.07, 6.45) is -5.16. The van der Waals surface area contributed by atoms with E-state index < -0.39 is 59.8 Å². The Bertz CT molecular complexity index is 1670. The topological polar surface area (TPSA) is 143 Å². The van der Waals surface area contributed by atoms with Crippen molar-refractivity contribution in [2.75, 3.05) is 0 Å². The Balaban J connectivity index is 1.53. The summed E-state index contributed by atoms with van der Waals surface area (Å²) in [5, 5.41) is 0. The standard InChI is InChI=1S/C31H26N2O9/c1-19(39-28(35)20-11-5-2-6-12-20)24-25(41-29(36)21-13-7-3-8-14-21)26(42-30(37)22-15-9-4-10-16-22)27(40-24)33-18-17-23(34)32-31(33)38/h2-19,24-27H,1H3,(H,32,34,38)/t19-,24+,25?,26?,27-/m1/s1. The molecule has 4 aromatic rings. The van der Waals surface area contributed by atoms with Crippen molar-refractivity contribution < 1.29 is 33.3 Å². The molecule has 1 aliphatic heterocycles. The van der Waals surface area contributed by atoms with E-state index in [1.54, 1.807) is 78.9 Å². The van der Waals surface area contributed by atoms with Gasteiger partial charge < -0.3 is 18.9 Å². The quantitative estimate of drug-likeness (QED) is 0.250. The first-order valence-electron chi connectivity index (χ1n) is 13.1. The molecule has 0 aliphatic carbocycles. The monoisotopic (exact) mass is 570 g/mol. The molecule has 1 fully saturated rings. The minimum Gasteiger partial charge on any atom is -0.456 e. The zero-order valence-corrected chi connectivity index (χ0v) is 22.3. The molecule has 1 aromatic heterocycles. The highest BCUT2D eigenvalue weighted by Gasteiger charge is 2.53. The Morgan fingerprint density at radius 2 is 1.19 bits per heavy atom. The van der Waals surface area contributed by atoms with Gasteiger partial charge in [-0.25, -0.2) is 19.2 Å². The number of hydrogen-bond donors (Lipinski definition) is 1. The molecule has 0 radical (unpaired) electrons. The number of carbonyl (C=O) groups is 3. The second kappa shape index (κ2) is 12.5. The fourth-order valence-electron chi connectivity index (χ4n) is 4.56. The first kappa shape index (κ1) is 28.2. The average molecular weight is 571 g/mol. The molecule has 0 bridgehead atoms. The Kier molecular flexibility index (Phi) is 8.39. The maximum absolute atomic E-state index is 13.2. The molecule has 2 heterocycles. The number of carbonyl (C=O) groups excluding carboxylic acids is 3. The van der Waals surface area contributed by atoms with E-state index in [1.165, 1.54) is 25.3 Å². The largest absolute Gasteiger partial charge is 0.456 e. The smallest absolute Gasteiger partial charge is 0.338 e. The van der Waals surface area contributed by atoms with Crippen molar-refractivity contribution in [2.24, 2.45) is 0 Å². The van der Waals surface area contributed by atoms with Gasteiger partial charge in [0.1, 0.15) is 12.2 Å². The average Bonchev–Trinajstić information content (AvgIpc) is 3.35. The van der Waals surface area contributed by atoms with Gasteiger partial charge in [-0.3, -0.25) is 14.3 Å². The number of hydrogen-bond acceptors (Lipinski definition) is 9. The van der Waals surface area contributed by atoms with Gasteiger partial charge in [-0.15, -0.1) is 0 Å². The third kappa shape index (κ3) is 6.21. The number of rotatable bonds is 8. The van der Waals surface area contributed by atoms with E-state index in [9.17, 15) is 24.0 Å². The van der Waals surface area contributed by atoms with E-state index in [4.69, 9.17) is 18.9 Å². The third-order valence-electron chi connectivity index (χ3n) is 6.62. The van der Waals surface area contributed by atoms with Gasteiger partial charge in [-0.1, -0.05) is 54.6 Å². The van der Waals surface area contributed by atoms with Crippen LogP contribution in [0.4, 0.5) is 0 Å². The Labute approximate surface area is 239 Å². The number of H-pyrrole nitrogens is 1. The number of benzene rings is 3. The summed E-state index contributed by atoms with van der Waals surface area (Å²) in [5.41, 5.74) is -0.814. The summed E-state index contributed by atoms with van der Waals surface area (Å²) in [5.74, 6) is -2.20. The Hall–Kier alpha value is -5.29. The summed E-state index contributed by atoms with van der Waals surface area (Å²) in [6.45, 7) is 1.53. The number of ether oxygens (including phenoxy) is 4. The lowest BCUT2D eigenvalue weighted by Crippen LogP contribution is -2.45. The van der Waals surface area contributed by atoms with Crippen LogP contribution < -0.4 is 11.2 Å².